The van der Waals surface area contributed by atoms with E-state index in [4.69, 9.17) is 4.74 Å². The molecule has 1 aliphatic heterocycles. The molecule has 1 aromatic carbocycles. The lowest BCUT2D eigenvalue weighted by atomic mass is 9.98. The molecule has 2 heterocycles. The van der Waals surface area contributed by atoms with E-state index in [0.29, 0.717) is 31.2 Å². The summed E-state index contributed by atoms with van der Waals surface area (Å²) < 4.78 is 4.93. The van der Waals surface area contributed by atoms with Crippen molar-refractivity contribution in [1.29, 1.82) is 0 Å². The molecule has 0 aliphatic carbocycles. The first-order valence-corrected chi connectivity index (χ1v) is 9.70. The maximum atomic E-state index is 12.3. The van der Waals surface area contributed by atoms with E-state index in [1.165, 1.54) is 11.3 Å². The second-order valence-electron chi connectivity index (χ2n) is 6.25. The number of carbonyl (C=O) groups excluding carboxylic acids is 2. The zero-order chi connectivity index (χ0) is 19.1. The lowest BCUT2D eigenvalue weighted by Crippen LogP contribution is -2.44. The Labute approximate surface area is 161 Å². The van der Waals surface area contributed by atoms with Gasteiger partial charge in [-0.1, -0.05) is 29.5 Å². The Morgan fingerprint density at radius 2 is 1.96 bits per heavy atom. The van der Waals surface area contributed by atoms with Gasteiger partial charge in [0.15, 0.2) is 0 Å². The molecular formula is C18H23N5O3S. The van der Waals surface area contributed by atoms with Gasteiger partial charge in [-0.25, -0.2) is 4.79 Å². The first-order valence-electron chi connectivity index (χ1n) is 8.89. The number of nitrogens with zero attached hydrogens (tertiary/aromatic N) is 3. The first kappa shape index (κ1) is 19.2. The number of benzene rings is 1. The van der Waals surface area contributed by atoms with Gasteiger partial charge in [0.25, 0.3) is 5.91 Å². The molecule has 3 rings (SSSR count). The molecule has 9 heteroatoms. The number of aromatic nitrogens is 2. The second-order valence-corrected chi connectivity index (χ2v) is 7.26. The molecule has 1 saturated heterocycles. The number of piperidine rings is 1. The molecule has 1 aromatic heterocycles. The summed E-state index contributed by atoms with van der Waals surface area (Å²) >= 11 is 1.32. The van der Waals surface area contributed by atoms with Gasteiger partial charge in [0.1, 0.15) is 5.01 Å². The van der Waals surface area contributed by atoms with Gasteiger partial charge < -0.3 is 20.3 Å². The van der Waals surface area contributed by atoms with Crippen LogP contribution in [0.2, 0.25) is 0 Å². The normalized spacial score (nSPS) is 14.8. The highest BCUT2D eigenvalue weighted by atomic mass is 32.1. The van der Waals surface area contributed by atoms with Gasteiger partial charge in [0.2, 0.25) is 5.01 Å². The third kappa shape index (κ3) is 5.24. The Balaban J connectivity index is 1.50. The molecule has 1 aliphatic rings. The molecule has 0 saturated carbocycles. The summed E-state index contributed by atoms with van der Waals surface area (Å²) in [4.78, 5) is 26.2. The van der Waals surface area contributed by atoms with Gasteiger partial charge in [0.05, 0.1) is 6.61 Å². The van der Waals surface area contributed by atoms with Crippen LogP contribution in [0.15, 0.2) is 30.3 Å². The fraction of sp³-hybridized carbons (Fsp3) is 0.444. The predicted molar refractivity (Wildman–Crippen MR) is 103 cm³/mol. The topological polar surface area (TPSA) is 96.4 Å². The minimum absolute atomic E-state index is 0.0642. The van der Waals surface area contributed by atoms with Crippen LogP contribution in [0.25, 0.3) is 0 Å². The second kappa shape index (κ2) is 9.43. The summed E-state index contributed by atoms with van der Waals surface area (Å²) in [5, 5.41) is 15.1. The van der Waals surface area contributed by atoms with Gasteiger partial charge in [0, 0.05) is 38.3 Å². The van der Waals surface area contributed by atoms with Crippen LogP contribution in [-0.4, -0.2) is 60.4 Å². The van der Waals surface area contributed by atoms with Gasteiger partial charge >= 0.3 is 6.03 Å². The minimum Gasteiger partial charge on any atom is -0.383 e. The summed E-state index contributed by atoms with van der Waals surface area (Å²) in [6, 6.07) is 9.20. The average molecular weight is 389 g/mol. The molecule has 3 amide bonds. The third-order valence-electron chi connectivity index (χ3n) is 4.38. The van der Waals surface area contributed by atoms with Crippen LogP contribution in [0.1, 0.15) is 33.6 Å². The van der Waals surface area contributed by atoms with Crippen molar-refractivity contribution >= 4 is 29.0 Å². The highest BCUT2D eigenvalue weighted by Gasteiger charge is 2.27. The van der Waals surface area contributed by atoms with E-state index in [1.807, 2.05) is 30.3 Å². The van der Waals surface area contributed by atoms with Crippen LogP contribution < -0.4 is 10.6 Å². The van der Waals surface area contributed by atoms with Crippen LogP contribution in [0, 0.1) is 0 Å². The van der Waals surface area contributed by atoms with Crippen molar-refractivity contribution in [3.63, 3.8) is 0 Å². The van der Waals surface area contributed by atoms with Crippen molar-refractivity contribution < 1.29 is 14.3 Å². The molecule has 0 spiro atoms. The zero-order valence-electron chi connectivity index (χ0n) is 15.2. The summed E-state index contributed by atoms with van der Waals surface area (Å²) in [5.74, 6) is -0.0243. The van der Waals surface area contributed by atoms with Crippen molar-refractivity contribution in [2.24, 2.45) is 0 Å². The van der Waals surface area contributed by atoms with E-state index < -0.39 is 0 Å². The molecule has 8 nitrogen and oxygen atoms in total. The first-order chi connectivity index (χ1) is 13.2. The van der Waals surface area contributed by atoms with Crippen LogP contribution in [0.3, 0.4) is 0 Å². The number of carbonyl (C=O) groups is 2. The van der Waals surface area contributed by atoms with Crippen LogP contribution in [0.5, 0.6) is 0 Å². The highest BCUT2D eigenvalue weighted by molar-refractivity contribution is 7.13. The molecule has 1 fully saturated rings. The van der Waals surface area contributed by atoms with Crippen molar-refractivity contribution in [3.8, 4) is 0 Å². The van der Waals surface area contributed by atoms with Crippen molar-refractivity contribution in [1.82, 2.24) is 20.4 Å². The zero-order valence-corrected chi connectivity index (χ0v) is 16.0. The Morgan fingerprint density at radius 3 is 2.67 bits per heavy atom. The number of para-hydroxylation sites is 1. The van der Waals surface area contributed by atoms with E-state index >= 15 is 0 Å². The number of methoxy groups -OCH3 is 1. The molecule has 2 N–H and O–H groups in total. The molecule has 0 atom stereocenters. The standard InChI is InChI=1S/C18H23N5O3S/c1-26-12-9-19-18(25)23-10-7-13(8-11-23)16-21-22-17(27-16)15(24)20-14-5-3-2-4-6-14/h2-6,13H,7-12H2,1H3,(H,19,25)(H,20,24). The Bertz CT molecular complexity index is 759. The molecule has 0 radical (unpaired) electrons. The summed E-state index contributed by atoms with van der Waals surface area (Å²) in [6.45, 7) is 2.33. The number of amides is 3. The van der Waals surface area contributed by atoms with Crippen molar-refractivity contribution in [2.45, 2.75) is 18.8 Å². The highest BCUT2D eigenvalue weighted by Crippen LogP contribution is 2.30. The third-order valence-corrected chi connectivity index (χ3v) is 5.46. The number of likely N-dealkylation sites (tertiary alicyclic amines) is 1. The lowest BCUT2D eigenvalue weighted by Gasteiger charge is -2.30. The smallest absolute Gasteiger partial charge is 0.317 e. The van der Waals surface area contributed by atoms with Gasteiger partial charge in [-0.15, -0.1) is 10.2 Å². The molecular weight excluding hydrogens is 366 g/mol. The number of rotatable bonds is 6. The number of ether oxygens (including phenoxy) is 1. The predicted octanol–water partition coefficient (Wildman–Crippen LogP) is 2.33. The van der Waals surface area contributed by atoms with E-state index in [1.54, 1.807) is 12.0 Å². The number of hydrogen-bond acceptors (Lipinski definition) is 6. The van der Waals surface area contributed by atoms with Crippen molar-refractivity contribution in [3.05, 3.63) is 40.3 Å². The molecule has 2 aromatic rings. The van der Waals surface area contributed by atoms with Gasteiger partial charge in [-0.2, -0.15) is 0 Å². The maximum absolute atomic E-state index is 12.3. The quantitative estimate of drug-likeness (QED) is 0.739. The van der Waals surface area contributed by atoms with E-state index in [-0.39, 0.29) is 17.9 Å². The fourth-order valence-electron chi connectivity index (χ4n) is 2.90. The van der Waals surface area contributed by atoms with Crippen LogP contribution >= 0.6 is 11.3 Å². The number of hydrogen-bond donors (Lipinski definition) is 2. The Morgan fingerprint density at radius 1 is 1.22 bits per heavy atom. The van der Waals surface area contributed by atoms with Gasteiger partial charge in [-0.05, 0) is 25.0 Å². The van der Waals surface area contributed by atoms with Crippen molar-refractivity contribution in [2.75, 3.05) is 38.7 Å². The molecule has 0 unspecified atom stereocenters. The Hall–Kier alpha value is -2.52. The fourth-order valence-corrected chi connectivity index (χ4v) is 3.81. The van der Waals surface area contributed by atoms with E-state index in [0.717, 1.165) is 23.5 Å². The Kier molecular flexibility index (Phi) is 6.72. The molecule has 27 heavy (non-hydrogen) atoms. The number of nitrogens with one attached hydrogen (secondary N) is 2. The van der Waals surface area contributed by atoms with Crippen LogP contribution in [0.4, 0.5) is 10.5 Å². The summed E-state index contributed by atoms with van der Waals surface area (Å²) in [5.41, 5.74) is 0.729. The molecule has 0 bridgehead atoms. The molecule has 144 valence electrons. The minimum atomic E-state index is -0.250. The van der Waals surface area contributed by atoms with Gasteiger partial charge in [-0.3, -0.25) is 4.79 Å². The average Bonchev–Trinajstić information content (AvgIpc) is 3.19. The summed E-state index contributed by atoms with van der Waals surface area (Å²) in [7, 11) is 1.61. The van der Waals surface area contributed by atoms with Crippen LogP contribution in [-0.2, 0) is 4.74 Å². The largest absolute Gasteiger partial charge is 0.383 e. The lowest BCUT2D eigenvalue weighted by molar-refractivity contribution is 0.102. The summed E-state index contributed by atoms with van der Waals surface area (Å²) in [6.07, 6.45) is 1.62. The van der Waals surface area contributed by atoms with E-state index in [9.17, 15) is 9.59 Å². The SMILES string of the molecule is COCCNC(=O)N1CCC(c2nnc(C(=O)Nc3ccccc3)s2)CC1. The monoisotopic (exact) mass is 389 g/mol. The maximum Gasteiger partial charge on any atom is 0.317 e. The number of anilines is 1. The van der Waals surface area contributed by atoms with E-state index in [2.05, 4.69) is 20.8 Å². The number of urea groups is 1.